The standard InChI is InChI=1S/C17H19N5O2/c1-21(2)10-8-18-15-7-9-22-16(20-15)14(11-19-22)12-3-5-13(6-4-12)17(23)24/h3-7,9,11H,8,10H2,1-2H3,(H,18,20)(H,23,24). The molecule has 2 N–H and O–H groups in total. The molecule has 3 aromatic rings. The van der Waals surface area contributed by atoms with E-state index >= 15 is 0 Å². The number of carboxylic acid groups (broad SMARTS) is 1. The lowest BCUT2D eigenvalue weighted by molar-refractivity contribution is 0.0697. The first-order chi connectivity index (χ1) is 11.5. The van der Waals surface area contributed by atoms with E-state index in [2.05, 4.69) is 20.3 Å². The van der Waals surface area contributed by atoms with E-state index in [1.165, 1.54) is 0 Å². The van der Waals surface area contributed by atoms with Gasteiger partial charge in [-0.05, 0) is 37.9 Å². The molecule has 0 saturated carbocycles. The summed E-state index contributed by atoms with van der Waals surface area (Å²) >= 11 is 0. The normalized spacial score (nSPS) is 11.1. The SMILES string of the molecule is CN(C)CCNc1ccn2ncc(-c3ccc(C(=O)O)cc3)c2n1. The third kappa shape index (κ3) is 3.36. The van der Waals surface area contributed by atoms with Crippen LogP contribution in [-0.2, 0) is 0 Å². The van der Waals surface area contributed by atoms with Crippen LogP contribution in [0.1, 0.15) is 10.4 Å². The highest BCUT2D eigenvalue weighted by atomic mass is 16.4. The molecule has 0 aliphatic rings. The molecule has 2 heterocycles. The first kappa shape index (κ1) is 15.9. The average molecular weight is 325 g/mol. The summed E-state index contributed by atoms with van der Waals surface area (Å²) in [5.41, 5.74) is 2.73. The molecule has 0 amide bonds. The maximum atomic E-state index is 11.0. The van der Waals surface area contributed by atoms with Gasteiger partial charge in [0, 0.05) is 24.8 Å². The van der Waals surface area contributed by atoms with Gasteiger partial charge in [0.2, 0.25) is 0 Å². The molecule has 0 radical (unpaired) electrons. The predicted octanol–water partition coefficient (Wildman–Crippen LogP) is 2.07. The van der Waals surface area contributed by atoms with Crippen molar-refractivity contribution in [2.75, 3.05) is 32.5 Å². The van der Waals surface area contributed by atoms with Gasteiger partial charge >= 0.3 is 5.97 Å². The summed E-state index contributed by atoms with van der Waals surface area (Å²) in [4.78, 5) is 17.7. The maximum absolute atomic E-state index is 11.0. The lowest BCUT2D eigenvalue weighted by Gasteiger charge is -2.11. The third-order valence-corrected chi connectivity index (χ3v) is 3.68. The molecule has 0 aliphatic heterocycles. The zero-order chi connectivity index (χ0) is 17.1. The number of hydrogen-bond acceptors (Lipinski definition) is 5. The topological polar surface area (TPSA) is 82.8 Å². The molecule has 2 aromatic heterocycles. The largest absolute Gasteiger partial charge is 0.478 e. The van der Waals surface area contributed by atoms with E-state index in [1.54, 1.807) is 35.0 Å². The lowest BCUT2D eigenvalue weighted by atomic mass is 10.1. The summed E-state index contributed by atoms with van der Waals surface area (Å²) < 4.78 is 1.71. The molecule has 0 aliphatic carbocycles. The second kappa shape index (κ2) is 6.67. The Kier molecular flexibility index (Phi) is 4.43. The van der Waals surface area contributed by atoms with Gasteiger partial charge in [0.05, 0.1) is 11.8 Å². The van der Waals surface area contributed by atoms with Crippen LogP contribution in [-0.4, -0.2) is 57.8 Å². The molecule has 0 bridgehead atoms. The van der Waals surface area contributed by atoms with Crippen molar-refractivity contribution in [2.24, 2.45) is 0 Å². The number of nitrogens with zero attached hydrogens (tertiary/aromatic N) is 4. The van der Waals surface area contributed by atoms with Crippen molar-refractivity contribution in [3.63, 3.8) is 0 Å². The van der Waals surface area contributed by atoms with E-state index in [-0.39, 0.29) is 5.56 Å². The van der Waals surface area contributed by atoms with Crippen LogP contribution < -0.4 is 5.32 Å². The van der Waals surface area contributed by atoms with Gasteiger partial charge in [0.1, 0.15) is 5.82 Å². The Hall–Kier alpha value is -2.93. The fraction of sp³-hybridized carbons (Fsp3) is 0.235. The van der Waals surface area contributed by atoms with Crippen LogP contribution >= 0.6 is 0 Å². The van der Waals surface area contributed by atoms with E-state index in [9.17, 15) is 4.79 Å². The second-order valence-electron chi connectivity index (χ2n) is 5.75. The lowest BCUT2D eigenvalue weighted by Crippen LogP contribution is -2.21. The molecule has 0 fully saturated rings. The van der Waals surface area contributed by atoms with Gasteiger partial charge in [-0.25, -0.2) is 14.3 Å². The third-order valence-electron chi connectivity index (χ3n) is 3.68. The van der Waals surface area contributed by atoms with E-state index in [0.29, 0.717) is 0 Å². The second-order valence-corrected chi connectivity index (χ2v) is 5.75. The van der Waals surface area contributed by atoms with Crippen LogP contribution in [0.15, 0.2) is 42.7 Å². The van der Waals surface area contributed by atoms with Gasteiger partial charge in [-0.1, -0.05) is 12.1 Å². The summed E-state index contributed by atoms with van der Waals surface area (Å²) in [7, 11) is 4.04. The van der Waals surface area contributed by atoms with Crippen molar-refractivity contribution >= 4 is 17.4 Å². The van der Waals surface area contributed by atoms with Crippen molar-refractivity contribution in [3.8, 4) is 11.1 Å². The molecule has 7 heteroatoms. The quantitative estimate of drug-likeness (QED) is 0.722. The molecule has 0 atom stereocenters. The Morgan fingerprint density at radius 3 is 2.67 bits per heavy atom. The van der Waals surface area contributed by atoms with Crippen LogP contribution in [0.4, 0.5) is 5.82 Å². The van der Waals surface area contributed by atoms with Crippen LogP contribution in [0.25, 0.3) is 16.8 Å². The molecular formula is C17H19N5O2. The number of aromatic carboxylic acids is 1. The van der Waals surface area contributed by atoms with Gasteiger partial charge in [-0.15, -0.1) is 0 Å². The number of likely N-dealkylation sites (N-methyl/N-ethyl adjacent to an activating group) is 1. The highest BCUT2D eigenvalue weighted by Gasteiger charge is 2.10. The minimum Gasteiger partial charge on any atom is -0.478 e. The molecule has 124 valence electrons. The Bertz CT molecular complexity index is 855. The zero-order valence-electron chi connectivity index (χ0n) is 13.6. The monoisotopic (exact) mass is 325 g/mol. The summed E-state index contributed by atoms with van der Waals surface area (Å²) in [6.45, 7) is 1.71. The Morgan fingerprint density at radius 2 is 2.00 bits per heavy atom. The van der Waals surface area contributed by atoms with Crippen molar-refractivity contribution in [2.45, 2.75) is 0 Å². The van der Waals surface area contributed by atoms with Gasteiger partial charge in [0.15, 0.2) is 5.65 Å². The number of carboxylic acids is 1. The van der Waals surface area contributed by atoms with Crippen molar-refractivity contribution in [1.29, 1.82) is 0 Å². The molecule has 0 spiro atoms. The number of nitrogens with one attached hydrogen (secondary N) is 1. The highest BCUT2D eigenvalue weighted by molar-refractivity contribution is 5.89. The van der Waals surface area contributed by atoms with Gasteiger partial charge in [-0.3, -0.25) is 0 Å². The number of anilines is 1. The van der Waals surface area contributed by atoms with E-state index in [1.807, 2.05) is 26.4 Å². The maximum Gasteiger partial charge on any atom is 0.335 e. The Balaban J connectivity index is 1.89. The molecule has 24 heavy (non-hydrogen) atoms. The van der Waals surface area contributed by atoms with Crippen LogP contribution in [0.2, 0.25) is 0 Å². The van der Waals surface area contributed by atoms with Crippen LogP contribution in [0.3, 0.4) is 0 Å². The number of benzene rings is 1. The van der Waals surface area contributed by atoms with Crippen LogP contribution in [0.5, 0.6) is 0 Å². The van der Waals surface area contributed by atoms with E-state index < -0.39 is 5.97 Å². The van der Waals surface area contributed by atoms with Crippen molar-refractivity contribution in [3.05, 3.63) is 48.3 Å². The Morgan fingerprint density at radius 1 is 1.25 bits per heavy atom. The Labute approximate surface area is 139 Å². The molecular weight excluding hydrogens is 306 g/mol. The molecule has 0 unspecified atom stereocenters. The van der Waals surface area contributed by atoms with Crippen LogP contribution in [0, 0.1) is 0 Å². The summed E-state index contributed by atoms with van der Waals surface area (Å²) in [5, 5.41) is 16.6. The number of hydrogen-bond donors (Lipinski definition) is 2. The van der Waals surface area contributed by atoms with E-state index in [0.717, 1.165) is 35.7 Å². The van der Waals surface area contributed by atoms with Gasteiger partial charge in [-0.2, -0.15) is 5.10 Å². The smallest absolute Gasteiger partial charge is 0.335 e. The van der Waals surface area contributed by atoms with Crippen molar-refractivity contribution in [1.82, 2.24) is 19.5 Å². The summed E-state index contributed by atoms with van der Waals surface area (Å²) in [6, 6.07) is 8.59. The average Bonchev–Trinajstić information content (AvgIpc) is 2.98. The zero-order valence-corrected chi connectivity index (χ0v) is 13.6. The minimum atomic E-state index is -0.938. The van der Waals surface area contributed by atoms with Gasteiger partial charge in [0.25, 0.3) is 0 Å². The number of rotatable bonds is 6. The number of fused-ring (bicyclic) bond motifs is 1. The summed E-state index contributed by atoms with van der Waals surface area (Å²) in [6.07, 6.45) is 3.59. The van der Waals surface area contributed by atoms with Crippen molar-refractivity contribution < 1.29 is 9.90 Å². The number of aromatic nitrogens is 3. The highest BCUT2D eigenvalue weighted by Crippen LogP contribution is 2.24. The molecule has 7 nitrogen and oxygen atoms in total. The van der Waals surface area contributed by atoms with Gasteiger partial charge < -0.3 is 15.3 Å². The minimum absolute atomic E-state index is 0.259. The predicted molar refractivity (Wildman–Crippen MR) is 92.4 cm³/mol. The molecule has 0 saturated heterocycles. The summed E-state index contributed by atoms with van der Waals surface area (Å²) in [5.74, 6) is -0.153. The fourth-order valence-corrected chi connectivity index (χ4v) is 2.37. The first-order valence-electron chi connectivity index (χ1n) is 7.61. The fourth-order valence-electron chi connectivity index (χ4n) is 2.37. The van der Waals surface area contributed by atoms with E-state index in [4.69, 9.17) is 5.11 Å². The number of carbonyl (C=O) groups is 1. The first-order valence-corrected chi connectivity index (χ1v) is 7.61. The molecule has 3 rings (SSSR count). The molecule has 1 aromatic carbocycles.